The highest BCUT2D eigenvalue weighted by atomic mass is 32.2. The average Bonchev–Trinajstić information content (AvgIpc) is 2.89. The Morgan fingerprint density at radius 1 is 1.10 bits per heavy atom. The van der Waals surface area contributed by atoms with Gasteiger partial charge in [0.2, 0.25) is 5.95 Å². The number of anilines is 2. The summed E-state index contributed by atoms with van der Waals surface area (Å²) >= 11 is 1.94. The molecule has 0 saturated carbocycles. The number of benzene rings is 2. The van der Waals surface area contributed by atoms with E-state index in [1.165, 1.54) is 5.56 Å². The van der Waals surface area contributed by atoms with E-state index >= 15 is 0 Å². The number of nitrogens with zero attached hydrogens (tertiary/aromatic N) is 1. The standard InChI is InChI=1S/C16H17N3S/c1-2-20-11-12-7-9-13(10-8-12)17-16-18-14-5-3-4-6-15(14)19-16/h3-10H,2,11H2,1H3,(H2,17,18,19). The molecule has 0 spiro atoms. The summed E-state index contributed by atoms with van der Waals surface area (Å²) in [5, 5.41) is 3.30. The van der Waals surface area contributed by atoms with Crippen LogP contribution in [-0.2, 0) is 5.75 Å². The minimum atomic E-state index is 0.780. The second-order valence-electron chi connectivity index (χ2n) is 4.56. The summed E-state index contributed by atoms with van der Waals surface area (Å²) in [6.07, 6.45) is 0. The molecule has 20 heavy (non-hydrogen) atoms. The first-order valence-electron chi connectivity index (χ1n) is 6.73. The number of imidazole rings is 1. The summed E-state index contributed by atoms with van der Waals surface area (Å²) in [5.74, 6) is 3.00. The molecule has 2 aromatic carbocycles. The van der Waals surface area contributed by atoms with Gasteiger partial charge < -0.3 is 10.3 Å². The minimum Gasteiger partial charge on any atom is -0.326 e. The second-order valence-corrected chi connectivity index (χ2v) is 5.84. The predicted molar refractivity (Wildman–Crippen MR) is 87.7 cm³/mol. The summed E-state index contributed by atoms with van der Waals surface area (Å²) < 4.78 is 0. The molecule has 1 heterocycles. The summed E-state index contributed by atoms with van der Waals surface area (Å²) in [6, 6.07) is 16.5. The number of aromatic nitrogens is 2. The smallest absolute Gasteiger partial charge is 0.205 e. The van der Waals surface area contributed by atoms with Crippen molar-refractivity contribution >= 4 is 34.4 Å². The van der Waals surface area contributed by atoms with Gasteiger partial charge >= 0.3 is 0 Å². The Kier molecular flexibility index (Phi) is 3.92. The van der Waals surface area contributed by atoms with Gasteiger partial charge in [0.25, 0.3) is 0 Å². The summed E-state index contributed by atoms with van der Waals surface area (Å²) in [7, 11) is 0. The van der Waals surface area contributed by atoms with Crippen molar-refractivity contribution in [3.05, 3.63) is 54.1 Å². The highest BCUT2D eigenvalue weighted by Gasteiger charge is 2.02. The molecule has 1 aromatic heterocycles. The highest BCUT2D eigenvalue weighted by Crippen LogP contribution is 2.19. The van der Waals surface area contributed by atoms with E-state index in [0.717, 1.165) is 34.2 Å². The molecule has 3 rings (SSSR count). The second kappa shape index (κ2) is 6.01. The lowest BCUT2D eigenvalue weighted by atomic mass is 10.2. The molecule has 102 valence electrons. The van der Waals surface area contributed by atoms with Crippen LogP contribution in [0, 0.1) is 0 Å². The van der Waals surface area contributed by atoms with Gasteiger partial charge in [-0.2, -0.15) is 11.8 Å². The van der Waals surface area contributed by atoms with Crippen molar-refractivity contribution in [3.63, 3.8) is 0 Å². The minimum absolute atomic E-state index is 0.780. The maximum Gasteiger partial charge on any atom is 0.205 e. The number of rotatable bonds is 5. The zero-order valence-electron chi connectivity index (χ0n) is 11.4. The Morgan fingerprint density at radius 3 is 2.65 bits per heavy atom. The monoisotopic (exact) mass is 283 g/mol. The lowest BCUT2D eigenvalue weighted by Gasteiger charge is -2.04. The lowest BCUT2D eigenvalue weighted by molar-refractivity contribution is 1.30. The first-order chi connectivity index (χ1) is 9.85. The van der Waals surface area contributed by atoms with Gasteiger partial charge in [0.05, 0.1) is 11.0 Å². The van der Waals surface area contributed by atoms with Gasteiger partial charge in [-0.25, -0.2) is 4.98 Å². The van der Waals surface area contributed by atoms with Gasteiger partial charge in [-0.15, -0.1) is 0 Å². The number of hydrogen-bond acceptors (Lipinski definition) is 3. The molecule has 3 nitrogen and oxygen atoms in total. The summed E-state index contributed by atoms with van der Waals surface area (Å²) in [5.41, 5.74) is 4.43. The largest absolute Gasteiger partial charge is 0.326 e. The van der Waals surface area contributed by atoms with Crippen molar-refractivity contribution in [1.29, 1.82) is 0 Å². The van der Waals surface area contributed by atoms with E-state index in [0.29, 0.717) is 0 Å². The van der Waals surface area contributed by atoms with Crippen LogP contribution in [0.15, 0.2) is 48.5 Å². The number of thioether (sulfide) groups is 1. The SMILES string of the molecule is CCSCc1ccc(Nc2nc3ccccc3[nH]2)cc1. The molecule has 0 radical (unpaired) electrons. The molecule has 0 aliphatic heterocycles. The molecule has 0 atom stereocenters. The van der Waals surface area contributed by atoms with Crippen LogP contribution in [0.3, 0.4) is 0 Å². The molecule has 0 unspecified atom stereocenters. The van der Waals surface area contributed by atoms with Gasteiger partial charge in [0, 0.05) is 11.4 Å². The van der Waals surface area contributed by atoms with E-state index in [1.54, 1.807) is 0 Å². The van der Waals surface area contributed by atoms with Crippen LogP contribution in [0.4, 0.5) is 11.6 Å². The van der Waals surface area contributed by atoms with Gasteiger partial charge in [0.15, 0.2) is 0 Å². The van der Waals surface area contributed by atoms with Crippen molar-refractivity contribution in [2.75, 3.05) is 11.1 Å². The molecule has 0 amide bonds. The van der Waals surface area contributed by atoms with Gasteiger partial charge in [-0.05, 0) is 35.6 Å². The number of nitrogens with one attached hydrogen (secondary N) is 2. The van der Waals surface area contributed by atoms with Crippen LogP contribution in [-0.4, -0.2) is 15.7 Å². The Bertz CT molecular complexity index is 655. The number of H-pyrrole nitrogens is 1. The first kappa shape index (κ1) is 13.1. The zero-order valence-corrected chi connectivity index (χ0v) is 12.2. The van der Waals surface area contributed by atoms with Gasteiger partial charge in [-0.1, -0.05) is 31.2 Å². The van der Waals surface area contributed by atoms with Crippen LogP contribution >= 0.6 is 11.8 Å². The third-order valence-corrected chi connectivity index (χ3v) is 4.02. The zero-order chi connectivity index (χ0) is 13.8. The third-order valence-electron chi connectivity index (χ3n) is 3.08. The third kappa shape index (κ3) is 2.96. The molecule has 0 fully saturated rings. The quantitative estimate of drug-likeness (QED) is 0.721. The van der Waals surface area contributed by atoms with E-state index in [9.17, 15) is 0 Å². The number of fused-ring (bicyclic) bond motifs is 1. The van der Waals surface area contributed by atoms with E-state index in [1.807, 2.05) is 36.0 Å². The fourth-order valence-electron chi connectivity index (χ4n) is 2.05. The molecule has 2 N–H and O–H groups in total. The van der Waals surface area contributed by atoms with Crippen molar-refractivity contribution in [1.82, 2.24) is 9.97 Å². The summed E-state index contributed by atoms with van der Waals surface area (Å²) in [4.78, 5) is 7.78. The molecule has 0 aliphatic carbocycles. The number of hydrogen-bond donors (Lipinski definition) is 2. The van der Waals surface area contributed by atoms with E-state index in [4.69, 9.17) is 0 Å². The fourth-order valence-corrected chi connectivity index (χ4v) is 2.69. The maximum absolute atomic E-state index is 4.51. The molecule has 0 aliphatic rings. The Balaban J connectivity index is 1.73. The number of para-hydroxylation sites is 2. The van der Waals surface area contributed by atoms with Crippen LogP contribution in [0.2, 0.25) is 0 Å². The van der Waals surface area contributed by atoms with E-state index in [2.05, 4.69) is 46.5 Å². The Morgan fingerprint density at radius 2 is 1.90 bits per heavy atom. The van der Waals surface area contributed by atoms with Crippen LogP contribution < -0.4 is 5.32 Å². The maximum atomic E-state index is 4.51. The van der Waals surface area contributed by atoms with Crippen molar-refractivity contribution in [3.8, 4) is 0 Å². The number of aromatic amines is 1. The van der Waals surface area contributed by atoms with Crippen LogP contribution in [0.1, 0.15) is 12.5 Å². The summed E-state index contributed by atoms with van der Waals surface area (Å²) in [6.45, 7) is 2.18. The van der Waals surface area contributed by atoms with Crippen LogP contribution in [0.5, 0.6) is 0 Å². The van der Waals surface area contributed by atoms with Gasteiger partial charge in [-0.3, -0.25) is 0 Å². The molecule has 3 aromatic rings. The van der Waals surface area contributed by atoms with E-state index in [-0.39, 0.29) is 0 Å². The normalized spacial score (nSPS) is 10.8. The molecular formula is C16H17N3S. The van der Waals surface area contributed by atoms with Crippen LogP contribution in [0.25, 0.3) is 11.0 Å². The van der Waals surface area contributed by atoms with Crippen molar-refractivity contribution in [2.45, 2.75) is 12.7 Å². The van der Waals surface area contributed by atoms with E-state index < -0.39 is 0 Å². The predicted octanol–water partition coefficient (Wildman–Crippen LogP) is 4.56. The van der Waals surface area contributed by atoms with Gasteiger partial charge in [0.1, 0.15) is 0 Å². The van der Waals surface area contributed by atoms with Crippen molar-refractivity contribution in [2.24, 2.45) is 0 Å². The first-order valence-corrected chi connectivity index (χ1v) is 7.89. The Hall–Kier alpha value is -1.94. The Labute approximate surface area is 122 Å². The molecule has 4 heteroatoms. The fraction of sp³-hybridized carbons (Fsp3) is 0.188. The lowest BCUT2D eigenvalue weighted by Crippen LogP contribution is -1.92. The molecular weight excluding hydrogens is 266 g/mol. The average molecular weight is 283 g/mol. The van der Waals surface area contributed by atoms with Crippen molar-refractivity contribution < 1.29 is 0 Å². The molecule has 0 bridgehead atoms. The molecule has 0 saturated heterocycles. The highest BCUT2D eigenvalue weighted by molar-refractivity contribution is 7.98. The topological polar surface area (TPSA) is 40.7 Å².